The summed E-state index contributed by atoms with van der Waals surface area (Å²) in [6.07, 6.45) is 0.690. The van der Waals surface area contributed by atoms with Crippen molar-refractivity contribution in [1.82, 2.24) is 5.32 Å². The zero-order chi connectivity index (χ0) is 14.5. The maximum Gasteiger partial charge on any atom is 0.252 e. The molecule has 0 aliphatic heterocycles. The molecule has 0 bridgehead atoms. The molecular formula is C15H12BrClFNO. The molecule has 0 radical (unpaired) electrons. The van der Waals surface area contributed by atoms with Gasteiger partial charge < -0.3 is 5.32 Å². The third-order valence-electron chi connectivity index (χ3n) is 2.81. The second-order valence-corrected chi connectivity index (χ2v) is 5.46. The molecule has 2 aromatic rings. The highest BCUT2D eigenvalue weighted by Gasteiger charge is 2.12. The maximum absolute atomic E-state index is 13.3. The van der Waals surface area contributed by atoms with Crippen molar-refractivity contribution in [2.24, 2.45) is 0 Å². The monoisotopic (exact) mass is 355 g/mol. The first-order valence-corrected chi connectivity index (χ1v) is 7.21. The Morgan fingerprint density at radius 2 is 1.90 bits per heavy atom. The van der Waals surface area contributed by atoms with Crippen LogP contribution in [0.1, 0.15) is 15.9 Å². The molecule has 0 atom stereocenters. The van der Waals surface area contributed by atoms with Gasteiger partial charge in [-0.1, -0.05) is 29.8 Å². The van der Waals surface area contributed by atoms with E-state index in [1.54, 1.807) is 6.07 Å². The van der Waals surface area contributed by atoms with Gasteiger partial charge in [0.1, 0.15) is 5.82 Å². The fourth-order valence-electron chi connectivity index (χ4n) is 1.75. The standard InChI is InChI=1S/C15H12BrClFNO/c16-14-12(2-1-3-13(14)18)15(20)19-9-8-10-4-6-11(17)7-5-10/h1-7H,8-9H2,(H,19,20). The van der Waals surface area contributed by atoms with Crippen molar-refractivity contribution < 1.29 is 9.18 Å². The van der Waals surface area contributed by atoms with Crippen LogP contribution in [0.3, 0.4) is 0 Å². The lowest BCUT2D eigenvalue weighted by atomic mass is 10.1. The molecule has 2 rings (SSSR count). The van der Waals surface area contributed by atoms with Crippen molar-refractivity contribution in [2.45, 2.75) is 6.42 Å². The van der Waals surface area contributed by atoms with Gasteiger partial charge in [0.25, 0.3) is 5.91 Å². The summed E-state index contributed by atoms with van der Waals surface area (Å²) in [7, 11) is 0. The molecule has 1 amide bonds. The van der Waals surface area contributed by atoms with Crippen molar-refractivity contribution >= 4 is 33.4 Å². The van der Waals surface area contributed by atoms with Crippen LogP contribution in [0.15, 0.2) is 46.9 Å². The minimum Gasteiger partial charge on any atom is -0.352 e. The average Bonchev–Trinajstić information content (AvgIpc) is 2.44. The van der Waals surface area contributed by atoms with E-state index in [0.717, 1.165) is 5.56 Å². The maximum atomic E-state index is 13.3. The Morgan fingerprint density at radius 1 is 1.20 bits per heavy atom. The van der Waals surface area contributed by atoms with Crippen LogP contribution >= 0.6 is 27.5 Å². The van der Waals surface area contributed by atoms with Crippen LogP contribution in [0, 0.1) is 5.82 Å². The highest BCUT2D eigenvalue weighted by Crippen LogP contribution is 2.20. The lowest BCUT2D eigenvalue weighted by Crippen LogP contribution is -2.26. The zero-order valence-corrected chi connectivity index (χ0v) is 12.8. The van der Waals surface area contributed by atoms with E-state index in [2.05, 4.69) is 21.2 Å². The molecule has 0 fully saturated rings. The van der Waals surface area contributed by atoms with Crippen LogP contribution in [-0.4, -0.2) is 12.5 Å². The summed E-state index contributed by atoms with van der Waals surface area (Å²) in [5.41, 5.74) is 1.37. The minimum atomic E-state index is -0.449. The zero-order valence-electron chi connectivity index (χ0n) is 10.5. The lowest BCUT2D eigenvalue weighted by Gasteiger charge is -2.07. The van der Waals surface area contributed by atoms with Crippen molar-refractivity contribution in [3.63, 3.8) is 0 Å². The summed E-state index contributed by atoms with van der Waals surface area (Å²) >= 11 is 8.87. The van der Waals surface area contributed by atoms with Gasteiger partial charge in [0, 0.05) is 11.6 Å². The quantitative estimate of drug-likeness (QED) is 0.873. The van der Waals surface area contributed by atoms with E-state index in [0.29, 0.717) is 23.6 Å². The number of nitrogens with one attached hydrogen (secondary N) is 1. The first kappa shape index (κ1) is 15.0. The molecule has 1 N–H and O–H groups in total. The normalized spacial score (nSPS) is 10.3. The smallest absolute Gasteiger partial charge is 0.252 e. The number of halogens is 3. The Hall–Kier alpha value is -1.39. The third kappa shape index (κ3) is 3.81. The van der Waals surface area contributed by atoms with Crippen molar-refractivity contribution in [2.75, 3.05) is 6.54 Å². The van der Waals surface area contributed by atoms with Gasteiger partial charge in [-0.05, 0) is 52.2 Å². The molecule has 0 heterocycles. The van der Waals surface area contributed by atoms with Gasteiger partial charge in [-0.15, -0.1) is 0 Å². The van der Waals surface area contributed by atoms with E-state index in [9.17, 15) is 9.18 Å². The van der Waals surface area contributed by atoms with Gasteiger partial charge in [0.05, 0.1) is 10.0 Å². The second kappa shape index (κ2) is 6.86. The van der Waals surface area contributed by atoms with Crippen LogP contribution in [0.4, 0.5) is 4.39 Å². The third-order valence-corrected chi connectivity index (χ3v) is 3.87. The highest BCUT2D eigenvalue weighted by atomic mass is 79.9. The van der Waals surface area contributed by atoms with Gasteiger partial charge in [-0.3, -0.25) is 4.79 Å². The van der Waals surface area contributed by atoms with Gasteiger partial charge in [0.2, 0.25) is 0 Å². The summed E-state index contributed by atoms with van der Waals surface area (Å²) < 4.78 is 13.5. The van der Waals surface area contributed by atoms with E-state index in [1.165, 1.54) is 12.1 Å². The first-order valence-electron chi connectivity index (χ1n) is 6.04. The summed E-state index contributed by atoms with van der Waals surface area (Å²) in [6, 6.07) is 11.8. The number of amides is 1. The molecule has 0 unspecified atom stereocenters. The fraction of sp³-hybridized carbons (Fsp3) is 0.133. The SMILES string of the molecule is O=C(NCCc1ccc(Cl)cc1)c1cccc(F)c1Br. The number of hydrogen-bond acceptors (Lipinski definition) is 1. The molecule has 0 aromatic heterocycles. The Kier molecular flexibility index (Phi) is 5.15. The number of hydrogen-bond donors (Lipinski definition) is 1. The van der Waals surface area contributed by atoms with Crippen molar-refractivity contribution in [3.8, 4) is 0 Å². The summed E-state index contributed by atoms with van der Waals surface area (Å²) in [5, 5.41) is 3.44. The first-order chi connectivity index (χ1) is 9.58. The van der Waals surface area contributed by atoms with Crippen LogP contribution in [-0.2, 0) is 6.42 Å². The van der Waals surface area contributed by atoms with E-state index in [4.69, 9.17) is 11.6 Å². The number of carbonyl (C=O) groups is 1. The highest BCUT2D eigenvalue weighted by molar-refractivity contribution is 9.10. The van der Waals surface area contributed by atoms with Crippen molar-refractivity contribution in [3.05, 3.63) is 68.9 Å². The Morgan fingerprint density at radius 3 is 2.60 bits per heavy atom. The topological polar surface area (TPSA) is 29.1 Å². The molecule has 0 saturated carbocycles. The Bertz CT molecular complexity index is 616. The van der Waals surface area contributed by atoms with Gasteiger partial charge in [-0.2, -0.15) is 0 Å². The number of benzene rings is 2. The predicted molar refractivity (Wildman–Crippen MR) is 81.6 cm³/mol. The molecule has 0 aliphatic carbocycles. The molecule has 104 valence electrons. The van der Waals surface area contributed by atoms with Crippen LogP contribution in [0.25, 0.3) is 0 Å². The minimum absolute atomic E-state index is 0.184. The molecule has 0 saturated heterocycles. The Labute approximate surface area is 130 Å². The molecule has 20 heavy (non-hydrogen) atoms. The van der Waals surface area contributed by atoms with E-state index in [-0.39, 0.29) is 10.4 Å². The second-order valence-electron chi connectivity index (χ2n) is 4.23. The predicted octanol–water partition coefficient (Wildman–Crippen LogP) is 4.21. The summed E-state index contributed by atoms with van der Waals surface area (Å²) in [5.74, 6) is -0.749. The number of rotatable bonds is 4. The molecular weight excluding hydrogens is 345 g/mol. The molecule has 0 aliphatic rings. The van der Waals surface area contributed by atoms with Gasteiger partial charge in [0.15, 0.2) is 0 Å². The van der Waals surface area contributed by atoms with E-state index >= 15 is 0 Å². The van der Waals surface area contributed by atoms with E-state index < -0.39 is 5.82 Å². The number of carbonyl (C=O) groups excluding carboxylic acids is 1. The lowest BCUT2D eigenvalue weighted by molar-refractivity contribution is 0.0953. The van der Waals surface area contributed by atoms with Crippen LogP contribution < -0.4 is 5.32 Å². The molecule has 2 aromatic carbocycles. The molecule has 5 heteroatoms. The van der Waals surface area contributed by atoms with Crippen LogP contribution in [0.2, 0.25) is 5.02 Å². The molecule has 0 spiro atoms. The molecule has 2 nitrogen and oxygen atoms in total. The largest absolute Gasteiger partial charge is 0.352 e. The summed E-state index contributed by atoms with van der Waals surface area (Å²) in [6.45, 7) is 0.476. The average molecular weight is 357 g/mol. The Balaban J connectivity index is 1.92. The fourth-order valence-corrected chi connectivity index (χ4v) is 2.32. The van der Waals surface area contributed by atoms with E-state index in [1.807, 2.05) is 24.3 Å². The summed E-state index contributed by atoms with van der Waals surface area (Å²) in [4.78, 5) is 11.9. The van der Waals surface area contributed by atoms with Crippen molar-refractivity contribution in [1.29, 1.82) is 0 Å². The van der Waals surface area contributed by atoms with Gasteiger partial charge in [-0.25, -0.2) is 4.39 Å². The van der Waals surface area contributed by atoms with Gasteiger partial charge >= 0.3 is 0 Å². The van der Waals surface area contributed by atoms with Crippen LogP contribution in [0.5, 0.6) is 0 Å².